The minimum Gasteiger partial charge on any atom is -0.476 e. The topological polar surface area (TPSA) is 66.3 Å². The van der Waals surface area contributed by atoms with E-state index < -0.39 is 24.4 Å². The number of benzene rings is 2. The summed E-state index contributed by atoms with van der Waals surface area (Å²) in [4.78, 5) is 11.6. The van der Waals surface area contributed by atoms with E-state index in [1.54, 1.807) is 73.5 Å². The Hall–Kier alpha value is -3.58. The summed E-state index contributed by atoms with van der Waals surface area (Å²) in [6.45, 7) is 1.90. The fourth-order valence-corrected chi connectivity index (χ4v) is 2.90. The molecule has 0 saturated heterocycles. The number of carbonyl (C=O) groups excluding carboxylic acids is 1. The van der Waals surface area contributed by atoms with Gasteiger partial charge in [-0.1, -0.05) is 36.4 Å². The molecule has 0 aliphatic carbocycles. The van der Waals surface area contributed by atoms with Crippen molar-refractivity contribution in [1.82, 2.24) is 0 Å². The predicted octanol–water partition coefficient (Wildman–Crippen LogP) is 4.40. The Kier molecular flexibility index (Phi) is 6.54. The van der Waals surface area contributed by atoms with Gasteiger partial charge in [0.05, 0.1) is 24.0 Å². The molecule has 1 aliphatic rings. The Morgan fingerprint density at radius 2 is 1.80 bits per heavy atom. The Morgan fingerprint density at radius 3 is 2.37 bits per heavy atom. The number of alkyl halides is 3. The van der Waals surface area contributed by atoms with E-state index in [2.05, 4.69) is 15.6 Å². The number of nitrogens with one attached hydrogen (secondary N) is 1. The molecule has 0 fully saturated rings. The molecule has 0 saturated carbocycles. The highest BCUT2D eigenvalue weighted by molar-refractivity contribution is 6.07. The van der Waals surface area contributed by atoms with Crippen LogP contribution in [0.4, 0.5) is 24.5 Å². The molecule has 156 valence electrons. The van der Waals surface area contributed by atoms with Crippen molar-refractivity contribution in [2.45, 2.75) is 25.6 Å². The molecule has 1 atom stereocenters. The Labute approximate surface area is 171 Å². The molecule has 0 spiro atoms. The Morgan fingerprint density at radius 1 is 1.17 bits per heavy atom. The third-order valence-corrected chi connectivity index (χ3v) is 4.28. The maximum atomic E-state index is 13.7. The zero-order valence-corrected chi connectivity index (χ0v) is 16.1. The van der Waals surface area contributed by atoms with Crippen molar-refractivity contribution in [2.24, 2.45) is 10.2 Å². The summed E-state index contributed by atoms with van der Waals surface area (Å²) in [5, 5.41) is 9.13. The number of anilines is 2. The standard InChI is InChI=1S/C21H19F3N4O2/c1-2-30-20-17(14-29)18(28(27-20)16-11-7-4-8-12-16)13-19(21(22,23)24)26-25-15-9-5-3-6-10-15/h3-12,18,25H,2,13H2,1H3. The molecular weight excluding hydrogens is 397 g/mol. The van der Waals surface area contributed by atoms with Crippen molar-refractivity contribution in [2.75, 3.05) is 17.0 Å². The smallest absolute Gasteiger partial charge is 0.431 e. The van der Waals surface area contributed by atoms with Crippen molar-refractivity contribution in [3.8, 4) is 0 Å². The van der Waals surface area contributed by atoms with Crippen molar-refractivity contribution < 1.29 is 22.7 Å². The van der Waals surface area contributed by atoms with Gasteiger partial charge in [-0.15, -0.1) is 5.10 Å². The molecule has 3 rings (SSSR count). The first-order chi connectivity index (χ1) is 14.4. The van der Waals surface area contributed by atoms with Gasteiger partial charge in [0.25, 0.3) is 0 Å². The van der Waals surface area contributed by atoms with E-state index in [0.29, 0.717) is 11.4 Å². The molecule has 1 N–H and O–H groups in total. The number of hydrogen-bond donors (Lipinski definition) is 1. The molecule has 30 heavy (non-hydrogen) atoms. The van der Waals surface area contributed by atoms with Gasteiger partial charge in [-0.3, -0.25) is 10.4 Å². The van der Waals surface area contributed by atoms with Gasteiger partial charge in [-0.2, -0.15) is 18.3 Å². The molecular formula is C21H19F3N4O2. The van der Waals surface area contributed by atoms with Crippen LogP contribution in [0.3, 0.4) is 0 Å². The average molecular weight is 416 g/mol. The summed E-state index contributed by atoms with van der Waals surface area (Å²) in [6.07, 6.45) is -5.34. The molecule has 0 aromatic heterocycles. The van der Waals surface area contributed by atoms with Crippen molar-refractivity contribution in [1.29, 1.82) is 0 Å². The summed E-state index contributed by atoms with van der Waals surface area (Å²) in [7, 11) is 0. The molecule has 2 aromatic rings. The lowest BCUT2D eigenvalue weighted by molar-refractivity contribution is -0.0607. The van der Waals surface area contributed by atoms with E-state index in [1.807, 2.05) is 0 Å². The first-order valence-electron chi connectivity index (χ1n) is 9.20. The van der Waals surface area contributed by atoms with E-state index in [4.69, 9.17) is 4.74 Å². The number of rotatable bonds is 6. The zero-order valence-electron chi connectivity index (χ0n) is 16.1. The Bertz CT molecular complexity index is 969. The van der Waals surface area contributed by atoms with Gasteiger partial charge in [-0.25, -0.2) is 4.79 Å². The minimum absolute atomic E-state index is 0.0427. The van der Waals surface area contributed by atoms with Crippen LogP contribution in [0.5, 0.6) is 0 Å². The minimum atomic E-state index is -4.72. The fourth-order valence-electron chi connectivity index (χ4n) is 2.90. The summed E-state index contributed by atoms with van der Waals surface area (Å²) in [5.74, 6) is 1.66. The highest BCUT2D eigenvalue weighted by Gasteiger charge is 2.43. The lowest BCUT2D eigenvalue weighted by atomic mass is 10.0. The first kappa shape index (κ1) is 21.1. The van der Waals surface area contributed by atoms with Gasteiger partial charge in [0.15, 0.2) is 0 Å². The van der Waals surface area contributed by atoms with Crippen LogP contribution in [0.1, 0.15) is 13.3 Å². The quantitative estimate of drug-likeness (QED) is 0.431. The summed E-state index contributed by atoms with van der Waals surface area (Å²) >= 11 is 0. The van der Waals surface area contributed by atoms with Crippen molar-refractivity contribution in [3.05, 3.63) is 66.2 Å². The Balaban J connectivity index is 1.95. The van der Waals surface area contributed by atoms with E-state index >= 15 is 0 Å². The molecule has 1 unspecified atom stereocenters. The van der Waals surface area contributed by atoms with Crippen LogP contribution in [0.15, 0.2) is 76.4 Å². The molecule has 0 bridgehead atoms. The van der Waals surface area contributed by atoms with Crippen LogP contribution in [-0.4, -0.2) is 36.4 Å². The van der Waals surface area contributed by atoms with Crippen LogP contribution in [-0.2, 0) is 9.53 Å². The number of ether oxygens (including phenoxy) is 1. The number of hydrazone groups is 2. The average Bonchev–Trinajstić information content (AvgIpc) is 3.09. The van der Waals surface area contributed by atoms with Crippen LogP contribution < -0.4 is 10.4 Å². The van der Waals surface area contributed by atoms with Gasteiger partial charge in [0.1, 0.15) is 17.2 Å². The number of para-hydroxylation sites is 2. The molecule has 0 radical (unpaired) electrons. The van der Waals surface area contributed by atoms with Gasteiger partial charge >= 0.3 is 6.18 Å². The van der Waals surface area contributed by atoms with E-state index in [0.717, 1.165) is 0 Å². The highest BCUT2D eigenvalue weighted by atomic mass is 19.4. The lowest BCUT2D eigenvalue weighted by Gasteiger charge is -2.24. The third-order valence-electron chi connectivity index (χ3n) is 4.28. The molecule has 1 heterocycles. The first-order valence-corrected chi connectivity index (χ1v) is 9.20. The summed E-state index contributed by atoms with van der Waals surface area (Å²) < 4.78 is 46.5. The third kappa shape index (κ3) is 4.87. The van der Waals surface area contributed by atoms with E-state index in [1.165, 1.54) is 5.01 Å². The number of halogens is 3. The van der Waals surface area contributed by atoms with Gasteiger partial charge in [0.2, 0.25) is 5.90 Å². The van der Waals surface area contributed by atoms with Crippen molar-refractivity contribution >= 4 is 28.9 Å². The lowest BCUT2D eigenvalue weighted by Crippen LogP contribution is -2.36. The highest BCUT2D eigenvalue weighted by Crippen LogP contribution is 2.32. The number of nitrogens with zero attached hydrogens (tertiary/aromatic N) is 3. The van der Waals surface area contributed by atoms with Gasteiger partial charge in [-0.05, 0) is 31.2 Å². The second kappa shape index (κ2) is 9.28. The predicted molar refractivity (Wildman–Crippen MR) is 109 cm³/mol. The van der Waals surface area contributed by atoms with E-state index in [9.17, 15) is 18.0 Å². The second-order valence-electron chi connectivity index (χ2n) is 6.29. The molecule has 1 aliphatic heterocycles. The summed E-state index contributed by atoms with van der Waals surface area (Å²) in [5.41, 5.74) is 2.17. The molecule has 6 nitrogen and oxygen atoms in total. The largest absolute Gasteiger partial charge is 0.476 e. The van der Waals surface area contributed by atoms with E-state index in [-0.39, 0.29) is 18.1 Å². The van der Waals surface area contributed by atoms with Crippen LogP contribution >= 0.6 is 0 Å². The van der Waals surface area contributed by atoms with Gasteiger partial charge < -0.3 is 4.74 Å². The zero-order chi connectivity index (χ0) is 21.6. The van der Waals surface area contributed by atoms with Crippen LogP contribution in [0, 0.1) is 0 Å². The maximum Gasteiger partial charge on any atom is 0.431 e. The normalized spacial score (nSPS) is 16.9. The van der Waals surface area contributed by atoms with Gasteiger partial charge in [0, 0.05) is 6.42 Å². The van der Waals surface area contributed by atoms with Crippen molar-refractivity contribution in [3.63, 3.8) is 0 Å². The fraction of sp³-hybridized carbons (Fsp3) is 0.238. The second-order valence-corrected chi connectivity index (χ2v) is 6.29. The monoisotopic (exact) mass is 416 g/mol. The molecule has 9 heteroatoms. The summed E-state index contributed by atoms with van der Waals surface area (Å²) in [6, 6.07) is 15.8. The maximum absolute atomic E-state index is 13.7. The molecule has 0 amide bonds. The molecule has 2 aromatic carbocycles. The van der Waals surface area contributed by atoms with Crippen LogP contribution in [0.2, 0.25) is 0 Å². The SMILES string of the molecule is CCOC1=NN(c2ccccc2)C(CC(=NNc2ccccc2)C(F)(F)F)C1=C=O. The number of hydrogen-bond acceptors (Lipinski definition) is 6. The van der Waals surface area contributed by atoms with Crippen LogP contribution in [0.25, 0.3) is 0 Å².